The molecule has 0 radical (unpaired) electrons. The SMILES string of the molecule is O=C(O)c1cc(Br)cnc1NCC(F)(F)C(F)(F)F. The highest BCUT2D eigenvalue weighted by Gasteiger charge is 2.57. The summed E-state index contributed by atoms with van der Waals surface area (Å²) >= 11 is 2.91. The van der Waals surface area contributed by atoms with E-state index >= 15 is 0 Å². The Morgan fingerprint density at radius 1 is 1.37 bits per heavy atom. The van der Waals surface area contributed by atoms with Gasteiger partial charge in [-0.25, -0.2) is 9.78 Å². The van der Waals surface area contributed by atoms with E-state index in [0.717, 1.165) is 12.3 Å². The first-order valence-electron chi connectivity index (χ1n) is 4.62. The van der Waals surface area contributed by atoms with Gasteiger partial charge in [0, 0.05) is 10.7 Å². The zero-order valence-electron chi connectivity index (χ0n) is 8.93. The number of hydrogen-bond acceptors (Lipinski definition) is 3. The second-order valence-electron chi connectivity index (χ2n) is 3.41. The van der Waals surface area contributed by atoms with Crippen molar-refractivity contribution in [2.75, 3.05) is 11.9 Å². The van der Waals surface area contributed by atoms with E-state index in [1.807, 2.05) is 0 Å². The van der Waals surface area contributed by atoms with Crippen LogP contribution in [0.1, 0.15) is 10.4 Å². The zero-order valence-corrected chi connectivity index (χ0v) is 10.5. The van der Waals surface area contributed by atoms with Crippen molar-refractivity contribution < 1.29 is 31.9 Å². The summed E-state index contributed by atoms with van der Waals surface area (Å²) in [6.07, 6.45) is -4.65. The highest BCUT2D eigenvalue weighted by molar-refractivity contribution is 9.10. The van der Waals surface area contributed by atoms with Crippen LogP contribution in [0.3, 0.4) is 0 Å². The van der Waals surface area contributed by atoms with E-state index < -0.39 is 36.0 Å². The second-order valence-corrected chi connectivity index (χ2v) is 4.33. The smallest absolute Gasteiger partial charge is 0.455 e. The summed E-state index contributed by atoms with van der Waals surface area (Å²) in [6, 6.07) is 1.03. The van der Waals surface area contributed by atoms with Gasteiger partial charge in [0.15, 0.2) is 0 Å². The molecule has 0 amide bonds. The molecule has 0 aliphatic carbocycles. The van der Waals surface area contributed by atoms with Gasteiger partial charge in [0.05, 0.1) is 6.54 Å². The topological polar surface area (TPSA) is 62.2 Å². The number of carboxylic acid groups (broad SMARTS) is 1. The summed E-state index contributed by atoms with van der Waals surface area (Å²) < 4.78 is 61.3. The Hall–Kier alpha value is -1.45. The van der Waals surface area contributed by atoms with E-state index in [1.165, 1.54) is 0 Å². The van der Waals surface area contributed by atoms with Crippen molar-refractivity contribution in [1.82, 2.24) is 4.98 Å². The minimum absolute atomic E-state index is 0.248. The molecule has 0 bridgehead atoms. The number of carbonyl (C=O) groups is 1. The van der Waals surface area contributed by atoms with Gasteiger partial charge < -0.3 is 10.4 Å². The zero-order chi connectivity index (χ0) is 14.8. The van der Waals surface area contributed by atoms with E-state index in [-0.39, 0.29) is 4.47 Å². The molecule has 0 saturated heterocycles. The maximum atomic E-state index is 12.7. The van der Waals surface area contributed by atoms with Crippen molar-refractivity contribution in [3.8, 4) is 0 Å². The fourth-order valence-electron chi connectivity index (χ4n) is 1.04. The molecule has 0 aliphatic rings. The van der Waals surface area contributed by atoms with Crippen molar-refractivity contribution in [3.05, 3.63) is 22.3 Å². The van der Waals surface area contributed by atoms with Crippen LogP contribution in [0.4, 0.5) is 27.8 Å². The van der Waals surface area contributed by atoms with Crippen molar-refractivity contribution in [1.29, 1.82) is 0 Å². The van der Waals surface area contributed by atoms with Crippen LogP contribution < -0.4 is 5.32 Å². The monoisotopic (exact) mass is 348 g/mol. The van der Waals surface area contributed by atoms with E-state index in [9.17, 15) is 26.7 Å². The Balaban J connectivity index is 2.93. The number of hydrogen-bond donors (Lipinski definition) is 2. The third-order valence-electron chi connectivity index (χ3n) is 1.98. The number of pyridine rings is 1. The lowest BCUT2D eigenvalue weighted by Gasteiger charge is -2.20. The summed E-state index contributed by atoms with van der Waals surface area (Å²) in [4.78, 5) is 14.2. The molecule has 1 rings (SSSR count). The lowest BCUT2D eigenvalue weighted by Crippen LogP contribution is -2.42. The van der Waals surface area contributed by atoms with E-state index in [2.05, 4.69) is 20.9 Å². The number of aromatic nitrogens is 1. The van der Waals surface area contributed by atoms with Gasteiger partial charge in [-0.3, -0.25) is 0 Å². The number of alkyl halides is 5. The first kappa shape index (κ1) is 15.6. The van der Waals surface area contributed by atoms with Gasteiger partial charge in [-0.1, -0.05) is 0 Å². The quantitative estimate of drug-likeness (QED) is 0.820. The van der Waals surface area contributed by atoms with Crippen LogP contribution in [0, 0.1) is 0 Å². The third kappa shape index (κ3) is 3.75. The molecule has 19 heavy (non-hydrogen) atoms. The molecule has 0 atom stereocenters. The van der Waals surface area contributed by atoms with Crippen LogP contribution in [0.2, 0.25) is 0 Å². The number of nitrogens with zero attached hydrogens (tertiary/aromatic N) is 1. The molecule has 1 aromatic heterocycles. The Morgan fingerprint density at radius 3 is 2.42 bits per heavy atom. The van der Waals surface area contributed by atoms with Crippen LogP contribution in [0.15, 0.2) is 16.7 Å². The number of carboxylic acids is 1. The lowest BCUT2D eigenvalue weighted by atomic mass is 10.2. The summed E-state index contributed by atoms with van der Waals surface area (Å²) in [5.74, 6) is -7.07. The lowest BCUT2D eigenvalue weighted by molar-refractivity contribution is -0.275. The highest BCUT2D eigenvalue weighted by atomic mass is 79.9. The molecule has 1 heterocycles. The first-order valence-corrected chi connectivity index (χ1v) is 5.41. The van der Waals surface area contributed by atoms with Gasteiger partial charge in [-0.05, 0) is 22.0 Å². The molecule has 1 aromatic rings. The first-order chi connectivity index (χ1) is 8.54. The van der Waals surface area contributed by atoms with Crippen molar-refractivity contribution in [2.45, 2.75) is 12.1 Å². The summed E-state index contributed by atoms with van der Waals surface area (Å²) in [7, 11) is 0. The van der Waals surface area contributed by atoms with Crippen molar-refractivity contribution in [2.24, 2.45) is 0 Å². The molecule has 2 N–H and O–H groups in total. The van der Waals surface area contributed by atoms with Gasteiger partial charge in [0.1, 0.15) is 11.4 Å². The van der Waals surface area contributed by atoms with E-state index in [4.69, 9.17) is 5.11 Å². The molecule has 10 heteroatoms. The van der Waals surface area contributed by atoms with Gasteiger partial charge in [-0.2, -0.15) is 22.0 Å². The Bertz CT molecular complexity index is 492. The molecule has 0 aliphatic heterocycles. The van der Waals surface area contributed by atoms with Crippen molar-refractivity contribution in [3.63, 3.8) is 0 Å². The number of anilines is 1. The molecule has 0 fully saturated rings. The average molecular weight is 349 g/mol. The molecule has 0 aromatic carbocycles. The number of halogens is 6. The molecule has 0 saturated carbocycles. The van der Waals surface area contributed by atoms with Gasteiger partial charge in [0.25, 0.3) is 0 Å². The van der Waals surface area contributed by atoms with Crippen molar-refractivity contribution >= 4 is 27.7 Å². The second kappa shape index (κ2) is 5.27. The van der Waals surface area contributed by atoms with Crippen LogP contribution in [-0.2, 0) is 0 Å². The maximum Gasteiger partial charge on any atom is 0.455 e. The van der Waals surface area contributed by atoms with Gasteiger partial charge >= 0.3 is 18.1 Å². The highest BCUT2D eigenvalue weighted by Crippen LogP contribution is 2.35. The predicted molar refractivity (Wildman–Crippen MR) is 58.4 cm³/mol. The summed E-state index contributed by atoms with van der Waals surface area (Å²) in [5.41, 5.74) is -0.521. The minimum Gasteiger partial charge on any atom is -0.478 e. The van der Waals surface area contributed by atoms with E-state index in [0.29, 0.717) is 0 Å². The number of aromatic carboxylic acids is 1. The van der Waals surface area contributed by atoms with Crippen LogP contribution in [-0.4, -0.2) is 34.7 Å². The van der Waals surface area contributed by atoms with E-state index in [1.54, 1.807) is 5.32 Å². The standard InChI is InChI=1S/C9H6BrF5N2O2/c10-4-1-5(7(18)19)6(16-2-4)17-3-8(11,12)9(13,14)15/h1-2H,3H2,(H,16,17)(H,18,19). The maximum absolute atomic E-state index is 12.7. The number of rotatable bonds is 4. The average Bonchev–Trinajstić information content (AvgIpc) is 2.25. The Labute approximate surface area is 111 Å². The molecule has 106 valence electrons. The Kier molecular flexibility index (Phi) is 4.33. The number of nitrogens with one attached hydrogen (secondary N) is 1. The van der Waals surface area contributed by atoms with Gasteiger partial charge in [-0.15, -0.1) is 0 Å². The van der Waals surface area contributed by atoms with Gasteiger partial charge in [0.2, 0.25) is 0 Å². The third-order valence-corrected chi connectivity index (χ3v) is 2.41. The van der Waals surface area contributed by atoms with Crippen LogP contribution >= 0.6 is 15.9 Å². The summed E-state index contributed by atoms with van der Waals surface area (Å²) in [6.45, 7) is -1.80. The minimum atomic E-state index is -5.72. The Morgan fingerprint density at radius 2 is 1.95 bits per heavy atom. The molecule has 4 nitrogen and oxygen atoms in total. The molecular weight excluding hydrogens is 343 g/mol. The summed E-state index contributed by atoms with van der Waals surface area (Å²) in [5, 5.41) is 10.5. The van der Waals surface area contributed by atoms with Crippen LogP contribution in [0.25, 0.3) is 0 Å². The fourth-order valence-corrected chi connectivity index (χ4v) is 1.37. The molecular formula is C9H6BrF5N2O2. The fraction of sp³-hybridized carbons (Fsp3) is 0.333. The van der Waals surface area contributed by atoms with Crippen LogP contribution in [0.5, 0.6) is 0 Å². The molecule has 0 unspecified atom stereocenters. The predicted octanol–water partition coefficient (Wildman–Crippen LogP) is 3.15. The molecule has 0 spiro atoms. The normalized spacial score (nSPS) is 12.3. The largest absolute Gasteiger partial charge is 0.478 e.